The molecule has 1 aromatic rings. The Morgan fingerprint density at radius 3 is 2.53 bits per heavy atom. The van der Waals surface area contributed by atoms with E-state index in [4.69, 9.17) is 17.3 Å². The summed E-state index contributed by atoms with van der Waals surface area (Å²) in [6.07, 6.45) is 4.96. The third-order valence-electron chi connectivity index (χ3n) is 7.87. The van der Waals surface area contributed by atoms with Gasteiger partial charge in [0, 0.05) is 41.9 Å². The fourth-order valence-corrected chi connectivity index (χ4v) is 7.98. The summed E-state index contributed by atoms with van der Waals surface area (Å²) in [5, 5.41) is 4.14. The molecule has 0 radical (unpaired) electrons. The molecule has 1 aromatic carbocycles. The molecule has 4 aliphatic carbocycles. The second-order valence-corrected chi connectivity index (χ2v) is 11.6. The Bertz CT molecular complexity index is 816. The average Bonchev–Trinajstić information content (AvgIpc) is 2.72. The standard InChI is InChI=1S/C23H30ClN3O2S/c24-18-3-1-14(2-4-18)12-27-5-6-30-19(13-27)21(28)26-20-16-7-15-8-17(20)11-23(9-15,10-16)22(25)29/h1-4,15-17,19-20H,5-13H2,(H2,25,29)(H,26,28). The summed E-state index contributed by atoms with van der Waals surface area (Å²) in [4.78, 5) is 27.7. The summed E-state index contributed by atoms with van der Waals surface area (Å²) in [7, 11) is 0. The van der Waals surface area contributed by atoms with Crippen molar-refractivity contribution in [3.63, 3.8) is 0 Å². The number of hydrogen-bond donors (Lipinski definition) is 2. The first-order valence-electron chi connectivity index (χ1n) is 11.1. The van der Waals surface area contributed by atoms with Gasteiger partial charge in [0.25, 0.3) is 0 Å². The van der Waals surface area contributed by atoms with Crippen molar-refractivity contribution in [1.82, 2.24) is 10.2 Å². The largest absolute Gasteiger partial charge is 0.369 e. The van der Waals surface area contributed by atoms with Crippen molar-refractivity contribution in [2.45, 2.75) is 49.9 Å². The quantitative estimate of drug-likeness (QED) is 0.727. The van der Waals surface area contributed by atoms with Crippen molar-refractivity contribution < 1.29 is 9.59 Å². The maximum Gasteiger partial charge on any atom is 0.234 e. The number of carbonyl (C=O) groups excluding carboxylic acids is 2. The minimum absolute atomic E-state index is 0.0339. The highest BCUT2D eigenvalue weighted by Gasteiger charge is 2.58. The maximum atomic E-state index is 13.2. The van der Waals surface area contributed by atoms with Crippen molar-refractivity contribution in [1.29, 1.82) is 0 Å². The van der Waals surface area contributed by atoms with Crippen LogP contribution in [0.15, 0.2) is 24.3 Å². The molecule has 1 aliphatic heterocycles. The monoisotopic (exact) mass is 447 g/mol. The van der Waals surface area contributed by atoms with Gasteiger partial charge in [0.2, 0.25) is 11.8 Å². The summed E-state index contributed by atoms with van der Waals surface area (Å²) in [5.41, 5.74) is 6.73. The van der Waals surface area contributed by atoms with Crippen molar-refractivity contribution in [3.05, 3.63) is 34.9 Å². The molecule has 5 nitrogen and oxygen atoms in total. The molecule has 3 N–H and O–H groups in total. The number of nitrogens with zero attached hydrogens (tertiary/aromatic N) is 1. The summed E-state index contributed by atoms with van der Waals surface area (Å²) in [6.45, 7) is 2.61. The first kappa shape index (κ1) is 20.7. The lowest BCUT2D eigenvalue weighted by Gasteiger charge is -2.59. The van der Waals surface area contributed by atoms with Crippen LogP contribution in [0.5, 0.6) is 0 Å². The first-order chi connectivity index (χ1) is 14.4. The molecular formula is C23H30ClN3O2S. The molecule has 3 atom stereocenters. The molecule has 1 saturated heterocycles. The second kappa shape index (κ2) is 8.03. The predicted molar refractivity (Wildman–Crippen MR) is 120 cm³/mol. The van der Waals surface area contributed by atoms with Gasteiger partial charge in [-0.05, 0) is 67.6 Å². The molecule has 4 saturated carbocycles. The third-order valence-corrected chi connectivity index (χ3v) is 9.30. The number of amides is 2. The molecule has 5 fully saturated rings. The number of halogens is 1. The highest BCUT2D eigenvalue weighted by molar-refractivity contribution is 8.00. The summed E-state index contributed by atoms with van der Waals surface area (Å²) >= 11 is 7.76. The highest BCUT2D eigenvalue weighted by atomic mass is 35.5. The van der Waals surface area contributed by atoms with E-state index in [2.05, 4.69) is 22.3 Å². The molecule has 7 heteroatoms. The number of hydrogen-bond acceptors (Lipinski definition) is 4. The SMILES string of the molecule is NC(=O)C12CC3CC(C1)C(NC(=O)C1CN(Cc4ccc(Cl)cc4)CCS1)C(C3)C2. The van der Waals surface area contributed by atoms with Crippen molar-refractivity contribution in [2.75, 3.05) is 18.8 Å². The van der Waals surface area contributed by atoms with E-state index in [0.29, 0.717) is 17.8 Å². The van der Waals surface area contributed by atoms with Gasteiger partial charge in [-0.1, -0.05) is 23.7 Å². The summed E-state index contributed by atoms with van der Waals surface area (Å²) in [5.74, 6) is 2.45. The van der Waals surface area contributed by atoms with E-state index in [1.165, 1.54) is 5.56 Å². The van der Waals surface area contributed by atoms with Crippen LogP contribution in [0.4, 0.5) is 0 Å². The summed E-state index contributed by atoms with van der Waals surface area (Å²) < 4.78 is 0. The zero-order chi connectivity index (χ0) is 20.9. The molecule has 1 heterocycles. The third kappa shape index (κ3) is 3.87. The maximum absolute atomic E-state index is 13.2. The molecule has 162 valence electrons. The van der Waals surface area contributed by atoms with Crippen molar-refractivity contribution in [2.24, 2.45) is 28.9 Å². The Morgan fingerprint density at radius 2 is 1.87 bits per heavy atom. The number of thioether (sulfide) groups is 1. The lowest BCUT2D eigenvalue weighted by Crippen LogP contribution is -2.63. The Balaban J connectivity index is 1.20. The van der Waals surface area contributed by atoms with Gasteiger partial charge in [-0.2, -0.15) is 0 Å². The Labute approximate surface area is 187 Å². The number of nitrogens with two attached hydrogens (primary N) is 1. The van der Waals surface area contributed by atoms with Gasteiger partial charge in [-0.15, -0.1) is 11.8 Å². The molecule has 0 spiro atoms. The fourth-order valence-electron chi connectivity index (χ4n) is 6.67. The lowest BCUT2D eigenvalue weighted by atomic mass is 9.47. The second-order valence-electron chi connectivity index (χ2n) is 9.87. The van der Waals surface area contributed by atoms with Gasteiger partial charge >= 0.3 is 0 Å². The Hall–Kier alpha value is -1.24. The van der Waals surface area contributed by atoms with Gasteiger partial charge < -0.3 is 11.1 Å². The van der Waals surface area contributed by atoms with E-state index in [1.807, 2.05) is 12.1 Å². The van der Waals surface area contributed by atoms with Crippen LogP contribution in [0, 0.1) is 23.2 Å². The van der Waals surface area contributed by atoms with Crippen molar-refractivity contribution in [3.8, 4) is 0 Å². The van der Waals surface area contributed by atoms with Crippen LogP contribution in [0.1, 0.15) is 37.7 Å². The number of carbonyl (C=O) groups is 2. The normalized spacial score (nSPS) is 37.8. The molecule has 30 heavy (non-hydrogen) atoms. The van der Waals surface area contributed by atoms with Gasteiger partial charge in [0.15, 0.2) is 0 Å². The molecule has 2 amide bonds. The number of primary amides is 1. The van der Waals surface area contributed by atoms with E-state index < -0.39 is 0 Å². The number of nitrogens with one attached hydrogen (secondary N) is 1. The number of benzene rings is 1. The van der Waals surface area contributed by atoms with E-state index in [9.17, 15) is 9.59 Å². The fraction of sp³-hybridized carbons (Fsp3) is 0.652. The van der Waals surface area contributed by atoms with Crippen LogP contribution in [0.2, 0.25) is 5.02 Å². The van der Waals surface area contributed by atoms with Gasteiger partial charge in [-0.3, -0.25) is 14.5 Å². The van der Waals surface area contributed by atoms with E-state index in [1.54, 1.807) is 11.8 Å². The smallest absolute Gasteiger partial charge is 0.234 e. The molecular weight excluding hydrogens is 418 g/mol. The van der Waals surface area contributed by atoms with E-state index in [0.717, 1.165) is 62.5 Å². The molecule has 3 unspecified atom stereocenters. The molecule has 4 bridgehead atoms. The average molecular weight is 448 g/mol. The van der Waals surface area contributed by atoms with E-state index in [-0.39, 0.29) is 28.5 Å². The first-order valence-corrected chi connectivity index (χ1v) is 12.5. The minimum Gasteiger partial charge on any atom is -0.369 e. The zero-order valence-electron chi connectivity index (χ0n) is 17.2. The highest BCUT2D eigenvalue weighted by Crippen LogP contribution is 2.59. The van der Waals surface area contributed by atoms with Gasteiger partial charge in [0.1, 0.15) is 0 Å². The van der Waals surface area contributed by atoms with E-state index >= 15 is 0 Å². The van der Waals surface area contributed by atoms with Gasteiger partial charge in [0.05, 0.1) is 5.25 Å². The van der Waals surface area contributed by atoms with Crippen LogP contribution in [0.25, 0.3) is 0 Å². The molecule has 6 rings (SSSR count). The van der Waals surface area contributed by atoms with Crippen LogP contribution < -0.4 is 11.1 Å². The van der Waals surface area contributed by atoms with Gasteiger partial charge in [-0.25, -0.2) is 0 Å². The molecule has 5 aliphatic rings. The predicted octanol–water partition coefficient (Wildman–Crippen LogP) is 3.05. The topological polar surface area (TPSA) is 75.4 Å². The van der Waals surface area contributed by atoms with Crippen LogP contribution in [-0.4, -0.2) is 46.8 Å². The Morgan fingerprint density at radius 1 is 1.17 bits per heavy atom. The van der Waals surface area contributed by atoms with Crippen LogP contribution in [0.3, 0.4) is 0 Å². The van der Waals surface area contributed by atoms with Crippen molar-refractivity contribution >= 4 is 35.2 Å². The summed E-state index contributed by atoms with van der Waals surface area (Å²) in [6, 6.07) is 8.18. The number of rotatable bonds is 5. The minimum atomic E-state index is -0.299. The molecule has 0 aromatic heterocycles. The van der Waals surface area contributed by atoms with Crippen LogP contribution >= 0.6 is 23.4 Å². The zero-order valence-corrected chi connectivity index (χ0v) is 18.8. The lowest BCUT2D eigenvalue weighted by molar-refractivity contribution is -0.147. The van der Waals surface area contributed by atoms with Crippen LogP contribution in [-0.2, 0) is 16.1 Å². The Kier molecular flexibility index (Phi) is 5.53.